The van der Waals surface area contributed by atoms with Crippen molar-refractivity contribution >= 4 is 6.08 Å². The Bertz CT molecular complexity index is 826. The van der Waals surface area contributed by atoms with Crippen LogP contribution in [-0.2, 0) is 15.9 Å². The Kier molecular flexibility index (Phi) is 2.52. The van der Waals surface area contributed by atoms with E-state index in [1.807, 2.05) is 10.9 Å². The molecule has 2 atom stereocenters. The van der Waals surface area contributed by atoms with E-state index in [-0.39, 0.29) is 11.4 Å². The molecule has 2 aliphatic carbocycles. The van der Waals surface area contributed by atoms with E-state index in [9.17, 15) is 4.39 Å². The van der Waals surface area contributed by atoms with E-state index in [4.69, 9.17) is 9.47 Å². The van der Waals surface area contributed by atoms with Crippen LogP contribution in [-0.4, -0.2) is 28.3 Å². The number of aromatic nitrogens is 2. The fraction of sp³-hybridized carbons (Fsp3) is 0.389. The van der Waals surface area contributed by atoms with Crippen LogP contribution in [0.4, 0.5) is 4.39 Å². The van der Waals surface area contributed by atoms with Crippen LogP contribution in [0, 0.1) is 5.82 Å². The molecule has 0 amide bonds. The van der Waals surface area contributed by atoms with Gasteiger partial charge in [-0.25, -0.2) is 9.07 Å². The topological polar surface area (TPSA) is 39.6 Å². The van der Waals surface area contributed by atoms with Crippen molar-refractivity contribution in [3.05, 3.63) is 53.1 Å². The Morgan fingerprint density at radius 1 is 1.30 bits per heavy atom. The molecule has 1 saturated heterocycles. The molecule has 1 aliphatic heterocycles. The van der Waals surface area contributed by atoms with Crippen LogP contribution in [0.15, 0.2) is 36.0 Å². The monoisotopic (exact) mass is 312 g/mol. The summed E-state index contributed by atoms with van der Waals surface area (Å²) in [4.78, 5) is 0. The number of fused-ring (bicyclic) bond motifs is 1. The lowest BCUT2D eigenvalue weighted by molar-refractivity contribution is -0.0197. The largest absolute Gasteiger partial charge is 0.350 e. The quantitative estimate of drug-likeness (QED) is 0.799. The summed E-state index contributed by atoms with van der Waals surface area (Å²) in [5.74, 6) is -0.678. The van der Waals surface area contributed by atoms with Crippen LogP contribution in [0.3, 0.4) is 0 Å². The van der Waals surface area contributed by atoms with Gasteiger partial charge in [-0.1, -0.05) is 0 Å². The molecule has 4 nitrogen and oxygen atoms in total. The summed E-state index contributed by atoms with van der Waals surface area (Å²) in [5.41, 5.74) is 4.09. The molecule has 1 saturated carbocycles. The maximum absolute atomic E-state index is 13.2. The highest BCUT2D eigenvalue weighted by atomic mass is 19.1. The number of rotatable bonds is 2. The first-order valence-corrected chi connectivity index (χ1v) is 7.97. The van der Waals surface area contributed by atoms with Crippen molar-refractivity contribution in [2.24, 2.45) is 0 Å². The Hall–Kier alpha value is -1.98. The van der Waals surface area contributed by atoms with Crippen LogP contribution in [0.1, 0.15) is 30.5 Å². The van der Waals surface area contributed by atoms with Gasteiger partial charge in [0.2, 0.25) is 5.79 Å². The molecule has 0 radical (unpaired) electrons. The number of hydrogen-bond acceptors (Lipinski definition) is 3. The summed E-state index contributed by atoms with van der Waals surface area (Å²) >= 11 is 0. The number of ether oxygens (including phenoxy) is 2. The third-order valence-corrected chi connectivity index (χ3v) is 5.42. The highest BCUT2D eigenvalue weighted by molar-refractivity contribution is 5.65. The van der Waals surface area contributed by atoms with Gasteiger partial charge in [0.15, 0.2) is 5.60 Å². The molecule has 0 bridgehead atoms. The molecule has 2 unspecified atom stereocenters. The number of nitrogens with zero attached hydrogens (tertiary/aromatic N) is 2. The van der Waals surface area contributed by atoms with E-state index in [1.54, 1.807) is 19.2 Å². The van der Waals surface area contributed by atoms with Gasteiger partial charge in [-0.05, 0) is 48.8 Å². The Balaban J connectivity index is 1.60. The van der Waals surface area contributed by atoms with Gasteiger partial charge in [-0.2, -0.15) is 5.10 Å². The van der Waals surface area contributed by atoms with E-state index >= 15 is 0 Å². The second-order valence-electron chi connectivity index (χ2n) is 6.53. The highest BCUT2D eigenvalue weighted by Crippen LogP contribution is 2.63. The van der Waals surface area contributed by atoms with Crippen molar-refractivity contribution in [2.75, 3.05) is 7.11 Å². The van der Waals surface area contributed by atoms with Crippen molar-refractivity contribution in [3.63, 3.8) is 0 Å². The van der Waals surface area contributed by atoms with E-state index in [1.165, 1.54) is 17.7 Å². The molecule has 1 aromatic heterocycles. The van der Waals surface area contributed by atoms with Crippen LogP contribution >= 0.6 is 0 Å². The fourth-order valence-corrected chi connectivity index (χ4v) is 4.22. The Morgan fingerprint density at radius 2 is 2.13 bits per heavy atom. The van der Waals surface area contributed by atoms with Gasteiger partial charge in [0.25, 0.3) is 0 Å². The predicted octanol–water partition coefficient (Wildman–Crippen LogP) is 3.25. The zero-order valence-electron chi connectivity index (χ0n) is 12.9. The number of hydrogen-bond donors (Lipinski definition) is 0. The number of epoxide rings is 1. The number of benzene rings is 1. The maximum atomic E-state index is 13.2. The lowest BCUT2D eigenvalue weighted by Gasteiger charge is -2.29. The van der Waals surface area contributed by atoms with Crippen LogP contribution in [0.2, 0.25) is 0 Å². The van der Waals surface area contributed by atoms with E-state index < -0.39 is 5.79 Å². The molecule has 2 aromatic rings. The predicted molar refractivity (Wildman–Crippen MR) is 82.6 cm³/mol. The minimum Gasteiger partial charge on any atom is -0.350 e. The molecule has 2 heterocycles. The molecule has 23 heavy (non-hydrogen) atoms. The average molecular weight is 312 g/mol. The SMILES string of the molecule is COC12CCCC3=Cc4c(cnn4-c4ccc(F)cc4)CC31O2. The molecule has 118 valence electrons. The minimum absolute atomic E-state index is 0.240. The van der Waals surface area contributed by atoms with E-state index in [0.29, 0.717) is 0 Å². The van der Waals surface area contributed by atoms with Gasteiger partial charge >= 0.3 is 0 Å². The molecule has 1 spiro atoms. The zero-order valence-corrected chi connectivity index (χ0v) is 12.9. The first-order chi connectivity index (χ1) is 11.2. The second-order valence-corrected chi connectivity index (χ2v) is 6.53. The molecular weight excluding hydrogens is 295 g/mol. The second kappa shape index (κ2) is 4.30. The van der Waals surface area contributed by atoms with Gasteiger partial charge in [0.1, 0.15) is 5.82 Å². The molecule has 2 fully saturated rings. The van der Waals surface area contributed by atoms with Gasteiger partial charge < -0.3 is 9.47 Å². The van der Waals surface area contributed by atoms with E-state index in [0.717, 1.165) is 42.6 Å². The van der Waals surface area contributed by atoms with Gasteiger partial charge in [0, 0.05) is 25.5 Å². The third kappa shape index (κ3) is 1.64. The van der Waals surface area contributed by atoms with Crippen LogP contribution in [0.5, 0.6) is 0 Å². The van der Waals surface area contributed by atoms with Gasteiger partial charge in [-0.3, -0.25) is 0 Å². The highest BCUT2D eigenvalue weighted by Gasteiger charge is 2.74. The Morgan fingerprint density at radius 3 is 2.91 bits per heavy atom. The smallest absolute Gasteiger partial charge is 0.203 e. The molecule has 3 aliphatic rings. The first kappa shape index (κ1) is 13.5. The van der Waals surface area contributed by atoms with Crippen molar-refractivity contribution in [2.45, 2.75) is 37.1 Å². The minimum atomic E-state index is -0.438. The van der Waals surface area contributed by atoms with Crippen molar-refractivity contribution in [1.29, 1.82) is 0 Å². The summed E-state index contributed by atoms with van der Waals surface area (Å²) in [7, 11) is 1.73. The van der Waals surface area contributed by atoms with Crippen LogP contribution < -0.4 is 0 Å². The van der Waals surface area contributed by atoms with Crippen molar-refractivity contribution < 1.29 is 13.9 Å². The van der Waals surface area contributed by atoms with E-state index in [2.05, 4.69) is 11.2 Å². The fourth-order valence-electron chi connectivity index (χ4n) is 4.22. The number of methoxy groups -OCH3 is 1. The summed E-state index contributed by atoms with van der Waals surface area (Å²) in [6.45, 7) is 0. The molecule has 0 N–H and O–H groups in total. The molecule has 5 rings (SSSR count). The summed E-state index contributed by atoms with van der Waals surface area (Å²) in [5, 5.41) is 4.51. The number of halogens is 1. The first-order valence-electron chi connectivity index (χ1n) is 7.97. The summed E-state index contributed by atoms with van der Waals surface area (Å²) in [6, 6.07) is 6.42. The standard InChI is InChI=1S/C18H17FN2O2/c1-22-18-8-2-3-13-9-16-12(10-17(13,18)23-18)11-20-21(16)15-6-4-14(19)5-7-15/h4-7,9,11H,2-3,8,10H2,1H3. The molecular formula is C18H17FN2O2. The average Bonchev–Trinajstić information content (AvgIpc) is 3.07. The Labute approximate surface area is 133 Å². The van der Waals surface area contributed by atoms with Gasteiger partial charge in [-0.15, -0.1) is 0 Å². The third-order valence-electron chi connectivity index (χ3n) is 5.42. The van der Waals surface area contributed by atoms with Crippen molar-refractivity contribution in [3.8, 4) is 5.69 Å². The molecule has 5 heteroatoms. The lowest BCUT2D eigenvalue weighted by Crippen LogP contribution is -2.37. The normalized spacial score (nSPS) is 31.0. The lowest BCUT2D eigenvalue weighted by atomic mass is 9.75. The van der Waals surface area contributed by atoms with Crippen LogP contribution in [0.25, 0.3) is 11.8 Å². The zero-order chi connectivity index (χ0) is 15.7. The van der Waals surface area contributed by atoms with Crippen molar-refractivity contribution in [1.82, 2.24) is 9.78 Å². The maximum Gasteiger partial charge on any atom is 0.203 e. The van der Waals surface area contributed by atoms with Gasteiger partial charge in [0.05, 0.1) is 17.6 Å². The summed E-state index contributed by atoms with van der Waals surface area (Å²) in [6.07, 6.45) is 7.92. The molecule has 1 aromatic carbocycles. The summed E-state index contributed by atoms with van der Waals surface area (Å²) < 4.78 is 26.8.